The number of phosphoric ester groups is 1. The van der Waals surface area contributed by atoms with Crippen LogP contribution in [0, 0.1) is 0 Å². The minimum atomic E-state index is -4.62. The van der Waals surface area contributed by atoms with E-state index in [0.29, 0.717) is 12.8 Å². The first kappa shape index (κ1) is 50.9. The van der Waals surface area contributed by atoms with E-state index in [1.165, 1.54) is 38.5 Å². The van der Waals surface area contributed by atoms with E-state index in [1.54, 1.807) is 0 Å². The van der Waals surface area contributed by atoms with E-state index in [1.807, 2.05) is 0 Å². The molecule has 0 spiro atoms. The molecule has 0 radical (unpaired) electrons. The number of allylic oxidation sites excluding steroid dienone is 8. The Kier molecular flexibility index (Phi) is 36.7. The van der Waals surface area contributed by atoms with Crippen LogP contribution in [0.15, 0.2) is 48.6 Å². The van der Waals surface area contributed by atoms with Crippen LogP contribution >= 0.6 is 7.82 Å². The largest absolute Gasteiger partial charge is 0.472 e. The highest BCUT2D eigenvalue weighted by molar-refractivity contribution is 7.47. The molecule has 0 bridgehead atoms. The number of ether oxygens (including phenoxy) is 2. The molecule has 0 fully saturated rings. The monoisotopic (exact) mass is 771 g/mol. The molecule has 0 aliphatic rings. The lowest BCUT2D eigenvalue weighted by molar-refractivity contribution is -0.161. The molecule has 0 aliphatic heterocycles. The van der Waals surface area contributed by atoms with Gasteiger partial charge in [0.05, 0.1) is 19.8 Å². The first-order chi connectivity index (χ1) is 25.7. The number of rotatable bonds is 38. The highest BCUT2D eigenvalue weighted by Crippen LogP contribution is 2.43. The minimum absolute atomic E-state index is 0.162. The SMILES string of the molecule is CCC=CCC=CCC=CCCCCCCCC(=O)OC(COC(=O)CCCCCCCC=CCCCCCCCC)COP(=O)(O)OCC(O)CO. The van der Waals surface area contributed by atoms with Crippen LogP contribution in [-0.2, 0) is 32.7 Å². The van der Waals surface area contributed by atoms with Crippen molar-refractivity contribution in [3.05, 3.63) is 48.6 Å². The molecule has 0 heterocycles. The quantitative estimate of drug-likeness (QED) is 0.0240. The molecule has 0 amide bonds. The molecule has 0 aliphatic carbocycles. The van der Waals surface area contributed by atoms with Crippen molar-refractivity contribution in [1.29, 1.82) is 0 Å². The average molecular weight is 771 g/mol. The van der Waals surface area contributed by atoms with Gasteiger partial charge in [0.25, 0.3) is 0 Å². The van der Waals surface area contributed by atoms with Gasteiger partial charge in [-0.25, -0.2) is 4.57 Å². The van der Waals surface area contributed by atoms with Gasteiger partial charge in [0, 0.05) is 12.8 Å². The Morgan fingerprint density at radius 3 is 1.58 bits per heavy atom. The van der Waals surface area contributed by atoms with Crippen molar-refractivity contribution in [3.8, 4) is 0 Å². The van der Waals surface area contributed by atoms with Gasteiger partial charge in [0.15, 0.2) is 6.10 Å². The lowest BCUT2D eigenvalue weighted by Crippen LogP contribution is -2.29. The van der Waals surface area contributed by atoms with E-state index in [-0.39, 0.29) is 19.4 Å². The van der Waals surface area contributed by atoms with E-state index in [2.05, 4.69) is 67.0 Å². The Morgan fingerprint density at radius 2 is 1.04 bits per heavy atom. The lowest BCUT2D eigenvalue weighted by Gasteiger charge is -2.20. The third-order valence-corrected chi connectivity index (χ3v) is 9.42. The molecular weight excluding hydrogens is 695 g/mol. The standard InChI is InChI=1S/C42H75O10P/c1-3-5-7-9-11-13-15-17-19-21-23-25-27-29-31-33-41(45)49-37-40(38-51-53(47,48)50-36-39(44)35-43)52-42(46)34-32-30-28-26-24-22-20-18-16-14-12-10-8-6-4-2/h6,8,12,14,17-20,39-40,43-44H,3-5,7,9-11,13,15-16,21-38H2,1-2H3,(H,47,48). The molecule has 0 rings (SSSR count). The molecular formula is C42H75O10P. The summed E-state index contributed by atoms with van der Waals surface area (Å²) in [5.41, 5.74) is 0. The Bertz CT molecular complexity index is 1030. The number of aliphatic hydroxyl groups is 2. The zero-order valence-electron chi connectivity index (χ0n) is 33.2. The predicted molar refractivity (Wildman–Crippen MR) is 214 cm³/mol. The smallest absolute Gasteiger partial charge is 0.462 e. The fraction of sp³-hybridized carbons (Fsp3) is 0.762. The molecule has 0 saturated carbocycles. The molecule has 3 unspecified atom stereocenters. The van der Waals surface area contributed by atoms with Crippen LogP contribution in [0.1, 0.15) is 168 Å². The average Bonchev–Trinajstić information content (AvgIpc) is 3.14. The molecule has 308 valence electrons. The molecule has 0 aromatic rings. The van der Waals surface area contributed by atoms with Crippen molar-refractivity contribution in [3.63, 3.8) is 0 Å². The Labute approximate surface area is 322 Å². The van der Waals surface area contributed by atoms with Crippen LogP contribution in [-0.4, -0.2) is 65.7 Å². The number of aliphatic hydroxyl groups excluding tert-OH is 2. The molecule has 0 aromatic carbocycles. The summed E-state index contributed by atoms with van der Waals surface area (Å²) in [6, 6.07) is 0. The van der Waals surface area contributed by atoms with Gasteiger partial charge in [-0.15, -0.1) is 0 Å². The van der Waals surface area contributed by atoms with Crippen LogP contribution in [0.5, 0.6) is 0 Å². The number of esters is 2. The van der Waals surface area contributed by atoms with Gasteiger partial charge in [-0.2, -0.15) is 0 Å². The van der Waals surface area contributed by atoms with Gasteiger partial charge in [0.2, 0.25) is 0 Å². The van der Waals surface area contributed by atoms with E-state index < -0.39 is 51.8 Å². The first-order valence-electron chi connectivity index (χ1n) is 20.6. The maximum absolute atomic E-state index is 12.6. The fourth-order valence-electron chi connectivity index (χ4n) is 5.30. The molecule has 3 atom stereocenters. The summed E-state index contributed by atoms with van der Waals surface area (Å²) in [5.74, 6) is -0.957. The van der Waals surface area contributed by atoms with Gasteiger partial charge >= 0.3 is 19.8 Å². The Balaban J connectivity index is 4.37. The van der Waals surface area contributed by atoms with E-state index >= 15 is 0 Å². The van der Waals surface area contributed by atoms with Crippen molar-refractivity contribution >= 4 is 19.8 Å². The molecule has 0 saturated heterocycles. The predicted octanol–water partition coefficient (Wildman–Crippen LogP) is 10.6. The van der Waals surface area contributed by atoms with Crippen molar-refractivity contribution < 1.29 is 47.8 Å². The molecule has 53 heavy (non-hydrogen) atoms. The molecule has 3 N–H and O–H groups in total. The van der Waals surface area contributed by atoms with Gasteiger partial charge in [0.1, 0.15) is 12.7 Å². The number of hydrogen-bond donors (Lipinski definition) is 3. The van der Waals surface area contributed by atoms with E-state index in [9.17, 15) is 24.2 Å². The van der Waals surface area contributed by atoms with Gasteiger partial charge in [-0.3, -0.25) is 18.6 Å². The summed E-state index contributed by atoms with van der Waals surface area (Å²) in [6.07, 6.45) is 39.3. The second-order valence-corrected chi connectivity index (χ2v) is 15.1. The topological polar surface area (TPSA) is 149 Å². The molecule has 10 nitrogen and oxygen atoms in total. The Morgan fingerprint density at radius 1 is 0.585 bits per heavy atom. The second-order valence-electron chi connectivity index (χ2n) is 13.6. The van der Waals surface area contributed by atoms with Crippen molar-refractivity contribution in [1.82, 2.24) is 0 Å². The second kappa shape index (κ2) is 38.2. The summed E-state index contributed by atoms with van der Waals surface area (Å²) in [6.45, 7) is 2.22. The summed E-state index contributed by atoms with van der Waals surface area (Å²) in [4.78, 5) is 34.9. The summed E-state index contributed by atoms with van der Waals surface area (Å²) < 4.78 is 32.6. The molecule has 0 aromatic heterocycles. The number of phosphoric acid groups is 1. The van der Waals surface area contributed by atoms with Crippen LogP contribution in [0.3, 0.4) is 0 Å². The first-order valence-corrected chi connectivity index (χ1v) is 22.1. The van der Waals surface area contributed by atoms with E-state index in [0.717, 1.165) is 89.9 Å². The third-order valence-electron chi connectivity index (χ3n) is 8.47. The maximum atomic E-state index is 12.6. The highest BCUT2D eigenvalue weighted by atomic mass is 31.2. The molecule has 11 heteroatoms. The van der Waals surface area contributed by atoms with Crippen LogP contribution in [0.2, 0.25) is 0 Å². The summed E-state index contributed by atoms with van der Waals surface area (Å²) in [7, 11) is -4.62. The van der Waals surface area contributed by atoms with Crippen molar-refractivity contribution in [2.45, 2.75) is 180 Å². The number of unbranched alkanes of at least 4 members (excludes halogenated alkanes) is 16. The van der Waals surface area contributed by atoms with Crippen LogP contribution in [0.4, 0.5) is 0 Å². The fourth-order valence-corrected chi connectivity index (χ4v) is 6.08. The van der Waals surface area contributed by atoms with Gasteiger partial charge in [-0.05, 0) is 70.6 Å². The van der Waals surface area contributed by atoms with Gasteiger partial charge in [-0.1, -0.05) is 133 Å². The zero-order valence-corrected chi connectivity index (χ0v) is 34.1. The van der Waals surface area contributed by atoms with E-state index in [4.69, 9.17) is 19.1 Å². The number of carbonyl (C=O) groups is 2. The number of hydrogen-bond acceptors (Lipinski definition) is 9. The number of carbonyl (C=O) groups excluding carboxylic acids is 2. The van der Waals surface area contributed by atoms with Crippen LogP contribution < -0.4 is 0 Å². The van der Waals surface area contributed by atoms with Crippen molar-refractivity contribution in [2.24, 2.45) is 0 Å². The lowest BCUT2D eigenvalue weighted by atomic mass is 10.1. The summed E-state index contributed by atoms with van der Waals surface area (Å²) >= 11 is 0. The summed E-state index contributed by atoms with van der Waals surface area (Å²) in [5, 5.41) is 18.3. The zero-order chi connectivity index (χ0) is 39.1. The third kappa shape index (κ3) is 38.0. The normalized spacial score (nSPS) is 14.4. The minimum Gasteiger partial charge on any atom is -0.462 e. The highest BCUT2D eigenvalue weighted by Gasteiger charge is 2.27. The van der Waals surface area contributed by atoms with Crippen LogP contribution in [0.25, 0.3) is 0 Å². The Hall–Kier alpha value is -2.07. The van der Waals surface area contributed by atoms with Gasteiger partial charge < -0.3 is 24.6 Å². The van der Waals surface area contributed by atoms with Crippen molar-refractivity contribution in [2.75, 3.05) is 26.4 Å². The maximum Gasteiger partial charge on any atom is 0.472 e.